The van der Waals surface area contributed by atoms with Crippen LogP contribution in [0.25, 0.3) is 0 Å². The Hall–Kier alpha value is -1.25. The number of carbonyl (C=O) groups is 1. The van der Waals surface area contributed by atoms with Gasteiger partial charge in [0.05, 0.1) is 6.54 Å². The Labute approximate surface area is 162 Å². The highest BCUT2D eigenvalue weighted by Crippen LogP contribution is 2.17. The second kappa shape index (κ2) is 10.6. The molecule has 0 saturated heterocycles. The molecule has 1 aliphatic rings. The molecular formula is C17H30IN5O. The molecule has 7 heteroatoms. The first-order valence-electron chi connectivity index (χ1n) is 8.41. The summed E-state index contributed by atoms with van der Waals surface area (Å²) < 4.78 is 2.10. The van der Waals surface area contributed by atoms with E-state index in [0.29, 0.717) is 19.0 Å². The Morgan fingerprint density at radius 1 is 1.42 bits per heavy atom. The van der Waals surface area contributed by atoms with E-state index in [9.17, 15) is 4.79 Å². The van der Waals surface area contributed by atoms with Crippen LogP contribution in [0.2, 0.25) is 0 Å². The van der Waals surface area contributed by atoms with Crippen LogP contribution >= 0.6 is 24.0 Å². The Bertz CT molecular complexity index is 537. The third kappa shape index (κ3) is 6.33. The maximum atomic E-state index is 11.9. The van der Waals surface area contributed by atoms with Gasteiger partial charge >= 0.3 is 0 Å². The molecular weight excluding hydrogens is 417 g/mol. The van der Waals surface area contributed by atoms with Gasteiger partial charge in [-0.25, -0.2) is 0 Å². The summed E-state index contributed by atoms with van der Waals surface area (Å²) >= 11 is 0. The van der Waals surface area contributed by atoms with Gasteiger partial charge in [-0.1, -0.05) is 12.8 Å². The van der Waals surface area contributed by atoms with Crippen molar-refractivity contribution in [3.05, 3.63) is 24.0 Å². The van der Waals surface area contributed by atoms with Crippen LogP contribution in [0.3, 0.4) is 0 Å². The van der Waals surface area contributed by atoms with Crippen LogP contribution in [-0.2, 0) is 18.4 Å². The summed E-state index contributed by atoms with van der Waals surface area (Å²) in [6, 6.07) is 4.52. The van der Waals surface area contributed by atoms with E-state index in [1.54, 1.807) is 7.05 Å². The van der Waals surface area contributed by atoms with E-state index in [1.165, 1.54) is 18.5 Å². The number of nitrogens with zero attached hydrogens (tertiary/aromatic N) is 3. The van der Waals surface area contributed by atoms with Crippen molar-refractivity contribution in [2.75, 3.05) is 20.6 Å². The van der Waals surface area contributed by atoms with E-state index in [4.69, 9.17) is 0 Å². The lowest BCUT2D eigenvalue weighted by molar-refractivity contribution is -0.121. The molecule has 2 rings (SSSR count). The van der Waals surface area contributed by atoms with Crippen molar-refractivity contribution in [3.8, 4) is 0 Å². The predicted molar refractivity (Wildman–Crippen MR) is 109 cm³/mol. The molecule has 0 spiro atoms. The van der Waals surface area contributed by atoms with Crippen molar-refractivity contribution in [2.24, 2.45) is 12.0 Å². The molecule has 1 aromatic rings. The third-order valence-electron chi connectivity index (χ3n) is 4.38. The van der Waals surface area contributed by atoms with Crippen LogP contribution in [0, 0.1) is 0 Å². The molecule has 0 aliphatic heterocycles. The number of aliphatic imine (C=N–C) groups is 1. The van der Waals surface area contributed by atoms with Gasteiger partial charge in [-0.15, -0.1) is 24.0 Å². The average Bonchev–Trinajstić information content (AvgIpc) is 3.16. The molecule has 1 amide bonds. The predicted octanol–water partition coefficient (Wildman–Crippen LogP) is 2.10. The fourth-order valence-electron chi connectivity index (χ4n) is 3.02. The Kier molecular flexibility index (Phi) is 9.17. The molecule has 1 aromatic heterocycles. The SMILES string of the molecule is CN=C(NCCC(=O)NC1CCCC1)N(C)Cc1cccn1C.I. The van der Waals surface area contributed by atoms with Crippen LogP contribution in [0.1, 0.15) is 37.8 Å². The monoisotopic (exact) mass is 447 g/mol. The number of nitrogens with one attached hydrogen (secondary N) is 2. The van der Waals surface area contributed by atoms with Crippen molar-refractivity contribution in [1.29, 1.82) is 0 Å². The maximum Gasteiger partial charge on any atom is 0.221 e. The van der Waals surface area contributed by atoms with Crippen molar-refractivity contribution < 1.29 is 4.79 Å². The second-order valence-electron chi connectivity index (χ2n) is 6.24. The smallest absolute Gasteiger partial charge is 0.221 e. The summed E-state index contributed by atoms with van der Waals surface area (Å²) in [5.41, 5.74) is 1.22. The highest BCUT2D eigenvalue weighted by Gasteiger charge is 2.17. The van der Waals surface area contributed by atoms with Crippen LogP contribution in [0.4, 0.5) is 0 Å². The van der Waals surface area contributed by atoms with E-state index in [0.717, 1.165) is 25.3 Å². The van der Waals surface area contributed by atoms with Crippen LogP contribution in [0.15, 0.2) is 23.3 Å². The Morgan fingerprint density at radius 3 is 2.71 bits per heavy atom. The maximum absolute atomic E-state index is 11.9. The minimum atomic E-state index is 0. The first kappa shape index (κ1) is 20.8. The number of hydrogen-bond donors (Lipinski definition) is 2. The van der Waals surface area contributed by atoms with Crippen LogP contribution in [-0.4, -0.2) is 48.0 Å². The quantitative estimate of drug-likeness (QED) is 0.399. The van der Waals surface area contributed by atoms with E-state index in [2.05, 4.69) is 31.2 Å². The van der Waals surface area contributed by atoms with Crippen LogP contribution < -0.4 is 10.6 Å². The zero-order valence-electron chi connectivity index (χ0n) is 14.9. The number of guanidine groups is 1. The van der Waals surface area contributed by atoms with E-state index >= 15 is 0 Å². The minimum Gasteiger partial charge on any atom is -0.356 e. The molecule has 1 saturated carbocycles. The van der Waals surface area contributed by atoms with Crippen molar-refractivity contribution in [3.63, 3.8) is 0 Å². The highest BCUT2D eigenvalue weighted by molar-refractivity contribution is 14.0. The molecule has 0 unspecified atom stereocenters. The summed E-state index contributed by atoms with van der Waals surface area (Å²) in [4.78, 5) is 18.3. The number of halogens is 1. The van der Waals surface area contributed by atoms with Gasteiger partial charge in [0, 0.05) is 52.0 Å². The molecule has 0 atom stereocenters. The Balaban J connectivity index is 0.00000288. The lowest BCUT2D eigenvalue weighted by Crippen LogP contribution is -2.41. The minimum absolute atomic E-state index is 0. The second-order valence-corrected chi connectivity index (χ2v) is 6.24. The molecule has 1 heterocycles. The van der Waals surface area contributed by atoms with Gasteiger partial charge < -0.3 is 20.1 Å². The van der Waals surface area contributed by atoms with Gasteiger partial charge in [0.2, 0.25) is 5.91 Å². The first-order valence-corrected chi connectivity index (χ1v) is 8.41. The zero-order chi connectivity index (χ0) is 16.7. The van der Waals surface area contributed by atoms with Crippen molar-refractivity contribution in [1.82, 2.24) is 20.1 Å². The number of amides is 1. The number of aromatic nitrogens is 1. The largest absolute Gasteiger partial charge is 0.356 e. The van der Waals surface area contributed by atoms with Gasteiger partial charge in [-0.3, -0.25) is 9.79 Å². The molecule has 1 fully saturated rings. The molecule has 1 aliphatic carbocycles. The first-order chi connectivity index (χ1) is 11.1. The highest BCUT2D eigenvalue weighted by atomic mass is 127. The summed E-state index contributed by atoms with van der Waals surface area (Å²) in [5.74, 6) is 0.935. The molecule has 2 N–H and O–H groups in total. The molecule has 0 bridgehead atoms. The summed E-state index contributed by atoms with van der Waals surface area (Å²) in [6.07, 6.45) is 7.24. The standard InChI is InChI=1S/C17H29N5O.HI/c1-18-17(22(3)13-15-9-6-12-21(15)2)19-11-10-16(23)20-14-7-4-5-8-14;/h6,9,12,14H,4-5,7-8,10-11,13H2,1-3H3,(H,18,19)(H,20,23);1H. The van der Waals surface area contributed by atoms with Gasteiger partial charge in [0.1, 0.15) is 0 Å². The fraction of sp³-hybridized carbons (Fsp3) is 0.647. The summed E-state index contributed by atoms with van der Waals surface area (Å²) in [6.45, 7) is 1.38. The molecule has 24 heavy (non-hydrogen) atoms. The molecule has 6 nitrogen and oxygen atoms in total. The summed E-state index contributed by atoms with van der Waals surface area (Å²) in [7, 11) is 5.80. The zero-order valence-corrected chi connectivity index (χ0v) is 17.2. The lowest BCUT2D eigenvalue weighted by atomic mass is 10.2. The average molecular weight is 447 g/mol. The van der Waals surface area contributed by atoms with E-state index in [1.807, 2.05) is 26.4 Å². The topological polar surface area (TPSA) is 61.7 Å². The number of rotatable bonds is 6. The Morgan fingerprint density at radius 2 is 2.12 bits per heavy atom. The van der Waals surface area contributed by atoms with Gasteiger partial charge in [-0.05, 0) is 25.0 Å². The molecule has 0 radical (unpaired) electrons. The third-order valence-corrected chi connectivity index (χ3v) is 4.38. The number of carbonyl (C=O) groups excluding carboxylic acids is 1. The van der Waals surface area contributed by atoms with Crippen molar-refractivity contribution in [2.45, 2.75) is 44.7 Å². The van der Waals surface area contributed by atoms with E-state index in [-0.39, 0.29) is 29.9 Å². The normalized spacial score (nSPS) is 15.0. The molecule has 136 valence electrons. The summed E-state index contributed by atoms with van der Waals surface area (Å²) in [5, 5.41) is 6.37. The van der Waals surface area contributed by atoms with Gasteiger partial charge in [0.25, 0.3) is 0 Å². The lowest BCUT2D eigenvalue weighted by Gasteiger charge is -2.22. The number of hydrogen-bond acceptors (Lipinski definition) is 2. The van der Waals surface area contributed by atoms with E-state index < -0.39 is 0 Å². The fourth-order valence-corrected chi connectivity index (χ4v) is 3.02. The van der Waals surface area contributed by atoms with Crippen molar-refractivity contribution >= 4 is 35.8 Å². The van der Waals surface area contributed by atoms with Crippen LogP contribution in [0.5, 0.6) is 0 Å². The molecule has 0 aromatic carbocycles. The van der Waals surface area contributed by atoms with Gasteiger partial charge in [-0.2, -0.15) is 0 Å². The number of aryl methyl sites for hydroxylation is 1. The van der Waals surface area contributed by atoms with Gasteiger partial charge in [0.15, 0.2) is 5.96 Å².